The van der Waals surface area contributed by atoms with Crippen LogP contribution in [0.3, 0.4) is 0 Å². The molecule has 0 saturated heterocycles. The van der Waals surface area contributed by atoms with Crippen LogP contribution in [-0.4, -0.2) is 11.1 Å². The predicted octanol–water partition coefficient (Wildman–Crippen LogP) is 1.36. The van der Waals surface area contributed by atoms with Crippen molar-refractivity contribution in [3.63, 3.8) is 0 Å². The van der Waals surface area contributed by atoms with E-state index in [1.54, 1.807) is 0 Å². The van der Waals surface area contributed by atoms with E-state index >= 15 is 0 Å². The van der Waals surface area contributed by atoms with Gasteiger partial charge in [0.05, 0.1) is 5.92 Å². The van der Waals surface area contributed by atoms with Gasteiger partial charge in [-0.3, -0.25) is 4.79 Å². The molecular formula is C7H12O2. The van der Waals surface area contributed by atoms with Crippen LogP contribution in [-0.2, 0) is 4.79 Å². The van der Waals surface area contributed by atoms with E-state index in [2.05, 4.69) is 0 Å². The van der Waals surface area contributed by atoms with E-state index in [1.165, 1.54) is 0 Å². The van der Waals surface area contributed by atoms with Crippen LogP contribution in [0.4, 0.5) is 0 Å². The van der Waals surface area contributed by atoms with Gasteiger partial charge in [-0.2, -0.15) is 0 Å². The van der Waals surface area contributed by atoms with Gasteiger partial charge in [-0.05, 0) is 11.3 Å². The molecule has 2 heteroatoms. The lowest BCUT2D eigenvalue weighted by Gasteiger charge is -1.95. The molecule has 0 amide bonds. The molecule has 0 heterocycles. The van der Waals surface area contributed by atoms with Gasteiger partial charge < -0.3 is 5.11 Å². The van der Waals surface area contributed by atoms with Crippen molar-refractivity contribution < 1.29 is 9.90 Å². The van der Waals surface area contributed by atoms with Gasteiger partial charge in [0, 0.05) is 0 Å². The number of carboxylic acids is 1. The number of aliphatic carboxylic acids is 1. The molecule has 1 aliphatic carbocycles. The Labute approximate surface area is 54.9 Å². The smallest absolute Gasteiger partial charge is 0.307 e. The molecule has 0 bridgehead atoms. The summed E-state index contributed by atoms with van der Waals surface area (Å²) >= 11 is 0. The number of hydrogen-bond acceptors (Lipinski definition) is 1. The monoisotopic (exact) mass is 128 g/mol. The lowest BCUT2D eigenvalue weighted by molar-refractivity contribution is -0.139. The topological polar surface area (TPSA) is 37.3 Å². The van der Waals surface area contributed by atoms with Gasteiger partial charge >= 0.3 is 5.97 Å². The second-order valence-corrected chi connectivity index (χ2v) is 3.43. The Hall–Kier alpha value is -0.530. The highest BCUT2D eigenvalue weighted by atomic mass is 16.4. The van der Waals surface area contributed by atoms with Crippen molar-refractivity contribution in [2.24, 2.45) is 17.3 Å². The molecule has 1 fully saturated rings. The number of hydrogen-bond donors (Lipinski definition) is 1. The fourth-order valence-corrected chi connectivity index (χ4v) is 1.43. The maximum atomic E-state index is 10.4. The van der Waals surface area contributed by atoms with Gasteiger partial charge in [0.15, 0.2) is 0 Å². The van der Waals surface area contributed by atoms with Crippen LogP contribution in [0.1, 0.15) is 20.8 Å². The first-order chi connectivity index (χ1) is 3.98. The maximum Gasteiger partial charge on any atom is 0.307 e. The number of carbonyl (C=O) groups is 1. The van der Waals surface area contributed by atoms with Crippen LogP contribution in [0, 0.1) is 17.3 Å². The van der Waals surface area contributed by atoms with Crippen molar-refractivity contribution in [2.45, 2.75) is 20.8 Å². The van der Waals surface area contributed by atoms with Crippen molar-refractivity contribution in [1.82, 2.24) is 0 Å². The molecule has 2 nitrogen and oxygen atoms in total. The van der Waals surface area contributed by atoms with Gasteiger partial charge in [-0.1, -0.05) is 20.8 Å². The highest BCUT2D eigenvalue weighted by Gasteiger charge is 2.59. The Balaban J connectivity index is 2.62. The predicted molar refractivity (Wildman–Crippen MR) is 34.1 cm³/mol. The van der Waals surface area contributed by atoms with Crippen molar-refractivity contribution in [3.05, 3.63) is 0 Å². The summed E-state index contributed by atoms with van der Waals surface area (Å²) in [6, 6.07) is 0. The normalized spacial score (nSPS) is 38.1. The molecule has 1 aliphatic rings. The van der Waals surface area contributed by atoms with E-state index in [9.17, 15) is 4.79 Å². The Bertz CT molecular complexity index is 149. The summed E-state index contributed by atoms with van der Waals surface area (Å²) < 4.78 is 0. The van der Waals surface area contributed by atoms with Gasteiger partial charge in [0.25, 0.3) is 0 Å². The first kappa shape index (κ1) is 6.59. The lowest BCUT2D eigenvalue weighted by Crippen LogP contribution is -2.02. The standard InChI is InChI=1S/C7H12O2/c1-4-5(6(8)9)7(4,2)3/h4-5H,1-3H3,(H,8,9)/t4-,5-/m1/s1. The molecule has 0 aliphatic heterocycles. The minimum Gasteiger partial charge on any atom is -0.481 e. The minimum absolute atomic E-state index is 0.0475. The van der Waals surface area contributed by atoms with Crippen molar-refractivity contribution in [3.8, 4) is 0 Å². The highest BCUT2D eigenvalue weighted by Crippen LogP contribution is 2.57. The highest BCUT2D eigenvalue weighted by molar-refractivity contribution is 5.75. The molecule has 0 aromatic rings. The maximum absolute atomic E-state index is 10.4. The molecule has 0 aromatic heterocycles. The van der Waals surface area contributed by atoms with E-state index < -0.39 is 5.97 Å². The van der Waals surface area contributed by atoms with Gasteiger partial charge in [-0.25, -0.2) is 0 Å². The lowest BCUT2D eigenvalue weighted by atomic mass is 10.1. The first-order valence-corrected chi connectivity index (χ1v) is 3.20. The Morgan fingerprint density at radius 3 is 1.89 bits per heavy atom. The fraction of sp³-hybridized carbons (Fsp3) is 0.857. The molecule has 0 unspecified atom stereocenters. The third-order valence-corrected chi connectivity index (χ3v) is 2.63. The molecule has 1 rings (SSSR count). The zero-order valence-electron chi connectivity index (χ0n) is 6.01. The average Bonchev–Trinajstić information content (AvgIpc) is 2.07. The van der Waals surface area contributed by atoms with E-state index in [0.717, 1.165) is 0 Å². The van der Waals surface area contributed by atoms with E-state index in [4.69, 9.17) is 5.11 Å². The summed E-state index contributed by atoms with van der Waals surface area (Å²) in [6.07, 6.45) is 0. The Kier molecular flexibility index (Phi) is 1.09. The van der Waals surface area contributed by atoms with Crippen LogP contribution >= 0.6 is 0 Å². The van der Waals surface area contributed by atoms with Crippen molar-refractivity contribution in [1.29, 1.82) is 0 Å². The molecule has 52 valence electrons. The van der Waals surface area contributed by atoms with Crippen molar-refractivity contribution >= 4 is 5.97 Å². The molecule has 2 atom stereocenters. The summed E-state index contributed by atoms with van der Waals surface area (Å²) in [5.41, 5.74) is 0.0475. The molecule has 0 radical (unpaired) electrons. The van der Waals surface area contributed by atoms with E-state index in [1.807, 2.05) is 20.8 Å². The molecule has 0 aromatic carbocycles. The first-order valence-electron chi connectivity index (χ1n) is 3.20. The fourth-order valence-electron chi connectivity index (χ4n) is 1.43. The molecular weight excluding hydrogens is 116 g/mol. The number of rotatable bonds is 1. The molecule has 9 heavy (non-hydrogen) atoms. The SMILES string of the molecule is C[C@@H]1[C@H](C(=O)O)C1(C)C. The second kappa shape index (κ2) is 1.49. The zero-order valence-corrected chi connectivity index (χ0v) is 6.01. The van der Waals surface area contributed by atoms with Gasteiger partial charge in [0.1, 0.15) is 0 Å². The molecule has 1 saturated carbocycles. The van der Waals surface area contributed by atoms with Crippen LogP contribution in [0.25, 0.3) is 0 Å². The number of carboxylic acid groups (broad SMARTS) is 1. The quantitative estimate of drug-likeness (QED) is 0.579. The largest absolute Gasteiger partial charge is 0.481 e. The summed E-state index contributed by atoms with van der Waals surface area (Å²) in [5, 5.41) is 8.56. The summed E-state index contributed by atoms with van der Waals surface area (Å²) in [6.45, 7) is 5.98. The summed E-state index contributed by atoms with van der Waals surface area (Å²) in [7, 11) is 0. The van der Waals surface area contributed by atoms with Crippen LogP contribution in [0.15, 0.2) is 0 Å². The van der Waals surface area contributed by atoms with Crippen molar-refractivity contribution in [2.75, 3.05) is 0 Å². The minimum atomic E-state index is -0.646. The summed E-state index contributed by atoms with van der Waals surface area (Å²) in [5.74, 6) is -0.389. The summed E-state index contributed by atoms with van der Waals surface area (Å²) in [4.78, 5) is 10.4. The van der Waals surface area contributed by atoms with Crippen LogP contribution in [0.5, 0.6) is 0 Å². The van der Waals surface area contributed by atoms with E-state index in [0.29, 0.717) is 5.92 Å². The zero-order chi connectivity index (χ0) is 7.23. The third-order valence-electron chi connectivity index (χ3n) is 2.63. The second-order valence-electron chi connectivity index (χ2n) is 3.43. The Morgan fingerprint density at radius 2 is 1.89 bits per heavy atom. The molecule has 0 spiro atoms. The van der Waals surface area contributed by atoms with Gasteiger partial charge in [0.2, 0.25) is 0 Å². The van der Waals surface area contributed by atoms with Crippen LogP contribution in [0.2, 0.25) is 0 Å². The average molecular weight is 128 g/mol. The Morgan fingerprint density at radius 1 is 1.56 bits per heavy atom. The van der Waals surface area contributed by atoms with Crippen LogP contribution < -0.4 is 0 Å². The third kappa shape index (κ3) is 0.732. The van der Waals surface area contributed by atoms with Gasteiger partial charge in [-0.15, -0.1) is 0 Å². The van der Waals surface area contributed by atoms with E-state index in [-0.39, 0.29) is 11.3 Å². The molecule has 1 N–H and O–H groups in total.